The molecule has 113 valence electrons. The number of aromatic nitrogens is 2. The highest BCUT2D eigenvalue weighted by Gasteiger charge is 2.30. The zero-order valence-corrected chi connectivity index (χ0v) is 14.1. The van der Waals surface area contributed by atoms with Crippen LogP contribution < -0.4 is 0 Å². The van der Waals surface area contributed by atoms with Gasteiger partial charge in [-0.2, -0.15) is 0 Å². The van der Waals surface area contributed by atoms with Gasteiger partial charge in [-0.15, -0.1) is 0 Å². The van der Waals surface area contributed by atoms with Gasteiger partial charge in [-0.1, -0.05) is 32.4 Å². The maximum Gasteiger partial charge on any atom is 0.297 e. The molecule has 0 aromatic carbocycles. The molecule has 0 aliphatic carbocycles. The van der Waals surface area contributed by atoms with Gasteiger partial charge in [-0.3, -0.25) is 0 Å². The standard InChI is InChI=1S/C13H20ClF2N2OSi/c1-13(2,3)9(7-19-20(4)5)8-6-17-12(11(15)16)18-10(8)14/h6,9,11H,7H2,1-5H3. The van der Waals surface area contributed by atoms with E-state index in [9.17, 15) is 8.78 Å². The third-order valence-corrected chi connectivity index (χ3v) is 3.99. The highest BCUT2D eigenvalue weighted by atomic mass is 35.5. The van der Waals surface area contributed by atoms with Gasteiger partial charge in [0, 0.05) is 24.3 Å². The third-order valence-electron chi connectivity index (χ3n) is 2.94. The van der Waals surface area contributed by atoms with Crippen molar-refractivity contribution in [2.45, 2.75) is 46.2 Å². The van der Waals surface area contributed by atoms with E-state index in [0.717, 1.165) is 0 Å². The van der Waals surface area contributed by atoms with E-state index < -0.39 is 21.3 Å². The topological polar surface area (TPSA) is 35.0 Å². The fourth-order valence-corrected chi connectivity index (χ4v) is 2.55. The van der Waals surface area contributed by atoms with Gasteiger partial charge < -0.3 is 4.43 Å². The minimum Gasteiger partial charge on any atom is -0.417 e. The summed E-state index contributed by atoms with van der Waals surface area (Å²) in [4.78, 5) is 7.40. The van der Waals surface area contributed by atoms with Crippen LogP contribution in [0.4, 0.5) is 8.78 Å². The Kier molecular flexibility index (Phi) is 6.03. The molecule has 20 heavy (non-hydrogen) atoms. The average molecular weight is 322 g/mol. The lowest BCUT2D eigenvalue weighted by Gasteiger charge is -2.31. The molecule has 7 heteroatoms. The molecule has 1 atom stereocenters. The van der Waals surface area contributed by atoms with Crippen LogP contribution in [0.1, 0.15) is 44.5 Å². The molecule has 1 heterocycles. The van der Waals surface area contributed by atoms with Crippen molar-refractivity contribution < 1.29 is 13.2 Å². The van der Waals surface area contributed by atoms with Crippen LogP contribution in [0.15, 0.2) is 6.20 Å². The number of hydrogen-bond donors (Lipinski definition) is 0. The van der Waals surface area contributed by atoms with Crippen LogP contribution in [0.25, 0.3) is 0 Å². The van der Waals surface area contributed by atoms with Crippen LogP contribution in [0, 0.1) is 5.41 Å². The first kappa shape index (κ1) is 17.5. The molecule has 1 unspecified atom stereocenters. The van der Waals surface area contributed by atoms with Crippen molar-refractivity contribution in [3.05, 3.63) is 22.7 Å². The summed E-state index contributed by atoms with van der Waals surface area (Å²) in [5.74, 6) is -0.579. The van der Waals surface area contributed by atoms with E-state index in [1.54, 1.807) is 0 Å². The van der Waals surface area contributed by atoms with Gasteiger partial charge in [0.05, 0.1) is 0 Å². The fourth-order valence-electron chi connectivity index (χ4n) is 1.78. The van der Waals surface area contributed by atoms with Gasteiger partial charge in [-0.25, -0.2) is 18.7 Å². The van der Waals surface area contributed by atoms with Crippen molar-refractivity contribution in [3.63, 3.8) is 0 Å². The molecule has 0 saturated carbocycles. The molecule has 0 spiro atoms. The molecule has 0 aliphatic rings. The predicted octanol–water partition coefficient (Wildman–Crippen LogP) is 4.47. The van der Waals surface area contributed by atoms with Crippen molar-refractivity contribution in [1.82, 2.24) is 9.97 Å². The van der Waals surface area contributed by atoms with E-state index in [1.165, 1.54) is 6.20 Å². The molecular formula is C13H20ClF2N2OSi. The molecule has 0 bridgehead atoms. The van der Waals surface area contributed by atoms with Crippen LogP contribution in [-0.2, 0) is 4.43 Å². The van der Waals surface area contributed by atoms with Crippen LogP contribution in [-0.4, -0.2) is 25.6 Å². The van der Waals surface area contributed by atoms with Gasteiger partial charge in [-0.05, 0) is 18.5 Å². The molecule has 1 radical (unpaired) electrons. The Hall–Kier alpha value is -0.593. The Morgan fingerprint density at radius 2 is 1.95 bits per heavy atom. The summed E-state index contributed by atoms with van der Waals surface area (Å²) in [6.45, 7) is 10.7. The second-order valence-corrected chi connectivity index (χ2v) is 8.38. The van der Waals surface area contributed by atoms with Crippen LogP contribution in [0.3, 0.4) is 0 Å². The Morgan fingerprint density at radius 3 is 2.35 bits per heavy atom. The van der Waals surface area contributed by atoms with Gasteiger partial charge in [0.1, 0.15) is 5.15 Å². The van der Waals surface area contributed by atoms with E-state index in [2.05, 4.69) is 30.7 Å². The zero-order valence-electron chi connectivity index (χ0n) is 12.4. The molecule has 0 amide bonds. The summed E-state index contributed by atoms with van der Waals surface area (Å²) in [5, 5.41) is 0.0832. The molecule has 3 nitrogen and oxygen atoms in total. The minimum atomic E-state index is -2.72. The smallest absolute Gasteiger partial charge is 0.297 e. The predicted molar refractivity (Wildman–Crippen MR) is 77.6 cm³/mol. The zero-order chi connectivity index (χ0) is 15.5. The maximum atomic E-state index is 12.6. The lowest BCUT2D eigenvalue weighted by atomic mass is 9.78. The second kappa shape index (κ2) is 6.91. The van der Waals surface area contributed by atoms with Crippen LogP contribution in [0.2, 0.25) is 18.2 Å². The largest absolute Gasteiger partial charge is 0.417 e. The van der Waals surface area contributed by atoms with Gasteiger partial charge in [0.25, 0.3) is 6.43 Å². The number of halogens is 3. The fraction of sp³-hybridized carbons (Fsp3) is 0.692. The maximum absolute atomic E-state index is 12.6. The summed E-state index contributed by atoms with van der Waals surface area (Å²) >= 11 is 6.06. The minimum absolute atomic E-state index is 0.0402. The second-order valence-electron chi connectivity index (χ2n) is 5.91. The van der Waals surface area contributed by atoms with Gasteiger partial charge in [0.15, 0.2) is 5.82 Å². The Balaban J connectivity index is 3.08. The SMILES string of the molecule is C[Si](C)OCC(c1cnc(C(F)F)nc1Cl)C(C)(C)C. The molecule has 0 saturated heterocycles. The highest BCUT2D eigenvalue weighted by Crippen LogP contribution is 2.38. The summed E-state index contributed by atoms with van der Waals surface area (Å²) in [7, 11) is -0.834. The lowest BCUT2D eigenvalue weighted by molar-refractivity contribution is 0.140. The van der Waals surface area contributed by atoms with Crippen LogP contribution in [0.5, 0.6) is 0 Å². The molecule has 1 aromatic rings. The van der Waals surface area contributed by atoms with Crippen molar-refractivity contribution in [2.75, 3.05) is 6.61 Å². The van der Waals surface area contributed by atoms with E-state index >= 15 is 0 Å². The number of alkyl halides is 2. The molecular weight excluding hydrogens is 302 g/mol. The summed E-state index contributed by atoms with van der Waals surface area (Å²) in [6.07, 6.45) is -1.32. The Labute approximate surface area is 125 Å². The van der Waals surface area contributed by atoms with Crippen molar-refractivity contribution >= 4 is 20.6 Å². The summed E-state index contributed by atoms with van der Waals surface area (Å²) in [6, 6.07) is 0. The van der Waals surface area contributed by atoms with E-state index in [1.807, 2.05) is 13.1 Å². The van der Waals surface area contributed by atoms with E-state index in [4.69, 9.17) is 16.0 Å². The average Bonchev–Trinajstić information content (AvgIpc) is 2.28. The van der Waals surface area contributed by atoms with Crippen LogP contribution >= 0.6 is 11.6 Å². The quantitative estimate of drug-likeness (QED) is 0.593. The van der Waals surface area contributed by atoms with Gasteiger partial charge in [0.2, 0.25) is 9.04 Å². The number of rotatable bonds is 5. The Morgan fingerprint density at radius 1 is 1.35 bits per heavy atom. The molecule has 0 fully saturated rings. The monoisotopic (exact) mass is 321 g/mol. The summed E-state index contributed by atoms with van der Waals surface area (Å²) < 4.78 is 30.9. The molecule has 1 rings (SSSR count). The third kappa shape index (κ3) is 4.75. The first-order chi connectivity index (χ1) is 9.12. The van der Waals surface area contributed by atoms with E-state index in [-0.39, 0.29) is 16.5 Å². The summed E-state index contributed by atoms with van der Waals surface area (Å²) in [5.41, 5.74) is 0.531. The molecule has 0 aliphatic heterocycles. The molecule has 1 aromatic heterocycles. The van der Waals surface area contributed by atoms with Crippen molar-refractivity contribution in [3.8, 4) is 0 Å². The first-order valence-corrected chi connectivity index (χ1v) is 9.15. The Bertz CT molecular complexity index is 452. The van der Waals surface area contributed by atoms with E-state index in [0.29, 0.717) is 12.2 Å². The van der Waals surface area contributed by atoms with Gasteiger partial charge >= 0.3 is 0 Å². The van der Waals surface area contributed by atoms with Crippen molar-refractivity contribution in [1.29, 1.82) is 0 Å². The van der Waals surface area contributed by atoms with Crippen molar-refractivity contribution in [2.24, 2.45) is 5.41 Å². The lowest BCUT2D eigenvalue weighted by Crippen LogP contribution is -2.26. The highest BCUT2D eigenvalue weighted by molar-refractivity contribution is 6.48. The number of nitrogens with zero attached hydrogens (tertiary/aromatic N) is 2. The molecule has 0 N–H and O–H groups in total. The number of hydrogen-bond acceptors (Lipinski definition) is 3. The first-order valence-electron chi connectivity index (χ1n) is 6.36. The normalized spacial score (nSPS) is 14.1.